The summed E-state index contributed by atoms with van der Waals surface area (Å²) in [5.74, 6) is -2.48. The second-order valence-electron chi connectivity index (χ2n) is 7.06. The molecule has 3 rings (SSSR count). The van der Waals surface area contributed by atoms with Gasteiger partial charge < -0.3 is 15.5 Å². The monoisotopic (exact) mass is 484 g/mol. The van der Waals surface area contributed by atoms with Gasteiger partial charge in [0.25, 0.3) is 0 Å². The molecule has 0 fully saturated rings. The number of nitrogens with one attached hydrogen (secondary N) is 1. The van der Waals surface area contributed by atoms with E-state index in [9.17, 15) is 19.8 Å². The molecule has 164 valence electrons. The minimum Gasteiger partial charge on any atom is -0.364 e. The molecule has 11 heteroatoms. The molecule has 31 heavy (non-hydrogen) atoms. The maximum atomic E-state index is 12.8. The molecule has 1 heterocycles. The van der Waals surface area contributed by atoms with Crippen LogP contribution in [0.25, 0.3) is 11.4 Å². The van der Waals surface area contributed by atoms with Gasteiger partial charge in [0.15, 0.2) is 11.6 Å². The number of halogens is 3. The highest BCUT2D eigenvalue weighted by Gasteiger charge is 2.24. The Balaban J connectivity index is 1.84. The van der Waals surface area contributed by atoms with Crippen LogP contribution in [0, 0.1) is 0 Å². The minimum atomic E-state index is -2.16. The Bertz CT molecular complexity index is 1150. The zero-order valence-corrected chi connectivity index (χ0v) is 18.6. The second-order valence-corrected chi connectivity index (χ2v) is 8.29. The van der Waals surface area contributed by atoms with Gasteiger partial charge in [-0.1, -0.05) is 46.9 Å². The van der Waals surface area contributed by atoms with Crippen molar-refractivity contribution in [3.8, 4) is 11.4 Å². The van der Waals surface area contributed by atoms with Gasteiger partial charge in [-0.2, -0.15) is 0 Å². The fraction of sp³-hybridized carbons (Fsp3) is 0.250. The van der Waals surface area contributed by atoms with Gasteiger partial charge in [0, 0.05) is 17.1 Å². The molecule has 3 N–H and O–H groups in total. The van der Waals surface area contributed by atoms with Gasteiger partial charge >= 0.3 is 5.69 Å². The van der Waals surface area contributed by atoms with E-state index in [4.69, 9.17) is 34.8 Å². The van der Waals surface area contributed by atoms with Crippen molar-refractivity contribution < 1.29 is 15.0 Å². The van der Waals surface area contributed by atoms with Crippen molar-refractivity contribution in [3.63, 3.8) is 0 Å². The SMILES string of the molecule is CC(O)(O)Cn1c(-c2ccc(Cl)cc2)nn(CC(=O)NCc2cccc(Cl)c2Cl)c1=O. The lowest BCUT2D eigenvalue weighted by Gasteiger charge is -2.16. The number of hydrogen-bond donors (Lipinski definition) is 3. The van der Waals surface area contributed by atoms with E-state index in [-0.39, 0.29) is 18.9 Å². The summed E-state index contributed by atoms with van der Waals surface area (Å²) in [5, 5.41) is 27.7. The third-order valence-electron chi connectivity index (χ3n) is 4.28. The molecule has 1 amide bonds. The fourth-order valence-corrected chi connectivity index (χ4v) is 3.38. The van der Waals surface area contributed by atoms with Gasteiger partial charge in [-0.15, -0.1) is 5.10 Å². The van der Waals surface area contributed by atoms with E-state index >= 15 is 0 Å². The van der Waals surface area contributed by atoms with Crippen molar-refractivity contribution in [3.05, 3.63) is 73.6 Å². The maximum Gasteiger partial charge on any atom is 0.346 e. The van der Waals surface area contributed by atoms with Crippen molar-refractivity contribution in [2.45, 2.75) is 32.3 Å². The van der Waals surface area contributed by atoms with Crippen LogP contribution in [-0.4, -0.2) is 36.3 Å². The number of amides is 1. The van der Waals surface area contributed by atoms with Crippen molar-refractivity contribution in [1.82, 2.24) is 19.7 Å². The first kappa shape index (κ1) is 23.3. The van der Waals surface area contributed by atoms with E-state index in [1.54, 1.807) is 42.5 Å². The Hall–Kier alpha value is -2.36. The molecule has 0 unspecified atom stereocenters. The van der Waals surface area contributed by atoms with E-state index in [0.717, 1.165) is 16.2 Å². The first-order valence-corrected chi connectivity index (χ1v) is 10.3. The van der Waals surface area contributed by atoms with Crippen LogP contribution < -0.4 is 11.0 Å². The summed E-state index contributed by atoms with van der Waals surface area (Å²) in [6.45, 7) is 0.439. The third-order valence-corrected chi connectivity index (χ3v) is 5.39. The van der Waals surface area contributed by atoms with E-state index in [2.05, 4.69) is 10.4 Å². The highest BCUT2D eigenvalue weighted by molar-refractivity contribution is 6.42. The van der Waals surface area contributed by atoms with Crippen LogP contribution in [0.4, 0.5) is 0 Å². The van der Waals surface area contributed by atoms with Gasteiger partial charge in [-0.3, -0.25) is 9.36 Å². The number of aromatic nitrogens is 3. The summed E-state index contributed by atoms with van der Waals surface area (Å²) in [6.07, 6.45) is 0. The summed E-state index contributed by atoms with van der Waals surface area (Å²) in [6, 6.07) is 11.6. The number of rotatable bonds is 7. The maximum absolute atomic E-state index is 12.8. The molecule has 0 aliphatic carbocycles. The third kappa shape index (κ3) is 5.87. The average Bonchev–Trinajstić information content (AvgIpc) is 2.98. The van der Waals surface area contributed by atoms with Crippen LogP contribution in [0.5, 0.6) is 0 Å². The van der Waals surface area contributed by atoms with Gasteiger partial charge in [0.05, 0.1) is 16.6 Å². The number of hydrogen-bond acceptors (Lipinski definition) is 5. The zero-order valence-electron chi connectivity index (χ0n) is 16.3. The van der Waals surface area contributed by atoms with Gasteiger partial charge in [-0.05, 0) is 42.8 Å². The molecule has 0 saturated heterocycles. The molecule has 0 spiro atoms. The lowest BCUT2D eigenvalue weighted by atomic mass is 10.2. The standard InChI is InChI=1S/C20H19Cl3N4O4/c1-20(30,31)11-26-18(12-5-7-14(21)8-6-12)25-27(19(26)29)10-16(28)24-9-13-3-2-4-15(22)17(13)23/h2-8,30-31H,9-11H2,1H3,(H,24,28). The summed E-state index contributed by atoms with van der Waals surface area (Å²) in [5.41, 5.74) is 0.476. The summed E-state index contributed by atoms with van der Waals surface area (Å²) in [7, 11) is 0. The molecule has 0 saturated carbocycles. The van der Waals surface area contributed by atoms with Crippen molar-refractivity contribution in [1.29, 1.82) is 0 Å². The van der Waals surface area contributed by atoms with Gasteiger partial charge in [-0.25, -0.2) is 9.48 Å². The Morgan fingerprint density at radius 1 is 1.13 bits per heavy atom. The van der Waals surface area contributed by atoms with Crippen LogP contribution in [0.2, 0.25) is 15.1 Å². The predicted octanol–water partition coefficient (Wildman–Crippen LogP) is 2.69. The smallest absolute Gasteiger partial charge is 0.346 e. The summed E-state index contributed by atoms with van der Waals surface area (Å²) in [4.78, 5) is 25.2. The Labute approximate surface area is 192 Å². The topological polar surface area (TPSA) is 109 Å². The van der Waals surface area contributed by atoms with Crippen molar-refractivity contribution >= 4 is 40.7 Å². The fourth-order valence-electron chi connectivity index (χ4n) is 2.87. The quantitative estimate of drug-likeness (QED) is 0.446. The Kier molecular flexibility index (Phi) is 7.08. The lowest BCUT2D eigenvalue weighted by Crippen LogP contribution is -2.38. The van der Waals surface area contributed by atoms with Crippen molar-refractivity contribution in [2.75, 3.05) is 0 Å². The normalized spacial score (nSPS) is 11.5. The van der Waals surface area contributed by atoms with Gasteiger partial charge in [0.1, 0.15) is 6.54 Å². The molecule has 0 aliphatic heterocycles. The lowest BCUT2D eigenvalue weighted by molar-refractivity contribution is -0.154. The Morgan fingerprint density at radius 3 is 2.45 bits per heavy atom. The summed E-state index contributed by atoms with van der Waals surface area (Å²) < 4.78 is 2.04. The largest absolute Gasteiger partial charge is 0.364 e. The van der Waals surface area contributed by atoms with Crippen molar-refractivity contribution in [2.24, 2.45) is 0 Å². The van der Waals surface area contributed by atoms with E-state index < -0.39 is 23.9 Å². The molecule has 0 aliphatic rings. The number of nitrogens with zero attached hydrogens (tertiary/aromatic N) is 3. The molecule has 3 aromatic rings. The van der Waals surface area contributed by atoms with Crippen LogP contribution >= 0.6 is 34.8 Å². The first-order chi connectivity index (χ1) is 14.5. The number of benzene rings is 2. The highest BCUT2D eigenvalue weighted by Crippen LogP contribution is 2.25. The minimum absolute atomic E-state index is 0.114. The van der Waals surface area contributed by atoms with E-state index in [1.165, 1.54) is 0 Å². The van der Waals surface area contributed by atoms with Crippen LogP contribution in [0.15, 0.2) is 47.3 Å². The van der Waals surface area contributed by atoms with Crippen LogP contribution in [0.3, 0.4) is 0 Å². The Morgan fingerprint density at radius 2 is 1.81 bits per heavy atom. The van der Waals surface area contributed by atoms with Crippen LogP contribution in [-0.2, 0) is 24.4 Å². The highest BCUT2D eigenvalue weighted by atomic mass is 35.5. The molecular weight excluding hydrogens is 467 g/mol. The molecule has 0 atom stereocenters. The first-order valence-electron chi connectivity index (χ1n) is 9.13. The number of carbonyl (C=O) groups is 1. The zero-order chi connectivity index (χ0) is 22.8. The average molecular weight is 486 g/mol. The predicted molar refractivity (Wildman–Crippen MR) is 118 cm³/mol. The molecule has 0 radical (unpaired) electrons. The van der Waals surface area contributed by atoms with Gasteiger partial charge in [0.2, 0.25) is 5.91 Å². The van der Waals surface area contributed by atoms with E-state index in [0.29, 0.717) is 26.2 Å². The number of aliphatic hydroxyl groups is 2. The number of carbonyl (C=O) groups excluding carboxylic acids is 1. The molecule has 2 aromatic carbocycles. The molecule has 8 nitrogen and oxygen atoms in total. The van der Waals surface area contributed by atoms with Crippen LogP contribution in [0.1, 0.15) is 12.5 Å². The second kappa shape index (κ2) is 9.42. The summed E-state index contributed by atoms with van der Waals surface area (Å²) >= 11 is 18.0. The molecule has 0 bridgehead atoms. The molecular formula is C20H19Cl3N4O4. The molecule has 1 aromatic heterocycles. The van der Waals surface area contributed by atoms with E-state index in [1.807, 2.05) is 0 Å².